The van der Waals surface area contributed by atoms with Gasteiger partial charge in [-0.1, -0.05) is 49.6 Å². The highest BCUT2D eigenvalue weighted by atomic mass is 16.3. The number of anilines is 2. The molecular weight excluding hydrogens is 412 g/mol. The van der Waals surface area contributed by atoms with Crippen LogP contribution in [0.25, 0.3) is 0 Å². The first kappa shape index (κ1) is 22.4. The van der Waals surface area contributed by atoms with E-state index in [-0.39, 0.29) is 11.7 Å². The monoisotopic (exact) mass is 442 g/mol. The van der Waals surface area contributed by atoms with Crippen molar-refractivity contribution in [2.45, 2.75) is 44.7 Å². The van der Waals surface area contributed by atoms with Crippen LogP contribution in [0.1, 0.15) is 53.6 Å². The van der Waals surface area contributed by atoms with Crippen LogP contribution in [0.5, 0.6) is 5.75 Å². The maximum Gasteiger partial charge on any atom is 0.271 e. The fourth-order valence-electron chi connectivity index (χ4n) is 4.01. The largest absolute Gasteiger partial charge is 0.508 e. The summed E-state index contributed by atoms with van der Waals surface area (Å²) in [7, 11) is 0. The van der Waals surface area contributed by atoms with E-state index in [1.54, 1.807) is 30.5 Å². The standard InChI is InChI=1S/C27H30N4O2/c32-24-14-11-21(12-15-24)19-29-31-27(33)22-13-16-25(30-23-9-5-2-6-10-23)26(17-22)28-18-20-7-3-1-4-8-20/h1,3-4,7-8,11-17,19,23,28,30,32H,2,5-6,9-10,18H2,(H,31,33)/b29-19+. The summed E-state index contributed by atoms with van der Waals surface area (Å²) in [5.74, 6) is -0.0920. The van der Waals surface area contributed by atoms with Crippen molar-refractivity contribution < 1.29 is 9.90 Å². The van der Waals surface area contributed by atoms with Gasteiger partial charge in [-0.2, -0.15) is 5.10 Å². The van der Waals surface area contributed by atoms with E-state index in [4.69, 9.17) is 0 Å². The summed E-state index contributed by atoms with van der Waals surface area (Å²) in [5, 5.41) is 20.6. The number of nitrogens with zero attached hydrogens (tertiary/aromatic N) is 1. The fraction of sp³-hybridized carbons (Fsp3) is 0.259. The van der Waals surface area contributed by atoms with E-state index in [0.717, 1.165) is 16.9 Å². The molecular formula is C27H30N4O2. The second-order valence-corrected chi connectivity index (χ2v) is 8.37. The number of rotatable bonds is 8. The molecule has 0 aromatic heterocycles. The zero-order valence-electron chi connectivity index (χ0n) is 18.6. The number of carbonyl (C=O) groups excluding carboxylic acids is 1. The molecule has 3 aromatic rings. The van der Waals surface area contributed by atoms with Gasteiger partial charge < -0.3 is 15.7 Å². The minimum Gasteiger partial charge on any atom is -0.508 e. The first-order valence-corrected chi connectivity index (χ1v) is 11.5. The Morgan fingerprint density at radius 3 is 2.45 bits per heavy atom. The molecule has 6 nitrogen and oxygen atoms in total. The lowest BCUT2D eigenvalue weighted by atomic mass is 9.95. The van der Waals surface area contributed by atoms with Gasteiger partial charge in [-0.05, 0) is 66.4 Å². The highest BCUT2D eigenvalue weighted by molar-refractivity contribution is 5.97. The Morgan fingerprint density at radius 1 is 0.939 bits per heavy atom. The number of benzene rings is 3. The third kappa shape index (κ3) is 6.59. The van der Waals surface area contributed by atoms with Gasteiger partial charge in [0.15, 0.2) is 0 Å². The van der Waals surface area contributed by atoms with Gasteiger partial charge in [-0.3, -0.25) is 4.79 Å². The number of aromatic hydroxyl groups is 1. The summed E-state index contributed by atoms with van der Waals surface area (Å²) in [6.07, 6.45) is 7.71. The molecule has 4 N–H and O–H groups in total. The molecule has 33 heavy (non-hydrogen) atoms. The van der Waals surface area contributed by atoms with Crippen LogP contribution >= 0.6 is 0 Å². The van der Waals surface area contributed by atoms with E-state index in [2.05, 4.69) is 33.3 Å². The van der Waals surface area contributed by atoms with Crippen LogP contribution in [0.3, 0.4) is 0 Å². The zero-order valence-corrected chi connectivity index (χ0v) is 18.6. The minimum absolute atomic E-state index is 0.189. The predicted molar refractivity (Wildman–Crippen MR) is 134 cm³/mol. The third-order valence-electron chi connectivity index (χ3n) is 5.85. The summed E-state index contributed by atoms with van der Waals surface area (Å²) in [6, 6.07) is 22.9. The van der Waals surface area contributed by atoms with Crippen molar-refractivity contribution >= 4 is 23.5 Å². The van der Waals surface area contributed by atoms with Gasteiger partial charge in [-0.25, -0.2) is 5.43 Å². The van der Waals surface area contributed by atoms with E-state index < -0.39 is 0 Å². The maximum absolute atomic E-state index is 12.7. The Balaban J connectivity index is 1.47. The molecule has 6 heteroatoms. The average Bonchev–Trinajstić information content (AvgIpc) is 2.86. The summed E-state index contributed by atoms with van der Waals surface area (Å²) < 4.78 is 0. The molecule has 4 rings (SSSR count). The molecule has 3 aromatic carbocycles. The molecule has 1 aliphatic rings. The highest BCUT2D eigenvalue weighted by Crippen LogP contribution is 2.28. The lowest BCUT2D eigenvalue weighted by Gasteiger charge is -2.25. The summed E-state index contributed by atoms with van der Waals surface area (Å²) in [5.41, 5.74) is 6.99. The molecule has 0 atom stereocenters. The van der Waals surface area contributed by atoms with Crippen molar-refractivity contribution in [3.63, 3.8) is 0 Å². The number of phenols is 1. The second-order valence-electron chi connectivity index (χ2n) is 8.37. The topological polar surface area (TPSA) is 85.8 Å². The number of hydrogen-bond donors (Lipinski definition) is 4. The Labute approximate surface area is 194 Å². The van der Waals surface area contributed by atoms with Crippen LogP contribution in [0.4, 0.5) is 11.4 Å². The molecule has 0 bridgehead atoms. The van der Waals surface area contributed by atoms with Gasteiger partial charge in [-0.15, -0.1) is 0 Å². The molecule has 1 amide bonds. The smallest absolute Gasteiger partial charge is 0.271 e. The van der Waals surface area contributed by atoms with Gasteiger partial charge in [0.25, 0.3) is 5.91 Å². The fourth-order valence-corrected chi connectivity index (χ4v) is 4.01. The molecule has 1 saturated carbocycles. The Morgan fingerprint density at radius 2 is 1.70 bits per heavy atom. The van der Waals surface area contributed by atoms with Crippen LogP contribution in [0.2, 0.25) is 0 Å². The lowest BCUT2D eigenvalue weighted by molar-refractivity contribution is 0.0955. The van der Waals surface area contributed by atoms with Crippen molar-refractivity contribution in [3.8, 4) is 5.75 Å². The molecule has 0 spiro atoms. The van der Waals surface area contributed by atoms with E-state index >= 15 is 0 Å². The summed E-state index contributed by atoms with van der Waals surface area (Å²) in [6.45, 7) is 0.671. The van der Waals surface area contributed by atoms with Crippen molar-refractivity contribution in [1.82, 2.24) is 5.43 Å². The van der Waals surface area contributed by atoms with Gasteiger partial charge in [0.05, 0.1) is 17.6 Å². The van der Waals surface area contributed by atoms with Crippen molar-refractivity contribution in [2.75, 3.05) is 10.6 Å². The quantitative estimate of drug-likeness (QED) is 0.274. The average molecular weight is 443 g/mol. The molecule has 0 radical (unpaired) electrons. The molecule has 1 aliphatic carbocycles. The SMILES string of the molecule is O=C(N/N=C/c1ccc(O)cc1)c1ccc(NC2CCCCC2)c(NCc2ccccc2)c1. The number of hydrazone groups is 1. The molecule has 0 heterocycles. The van der Waals surface area contributed by atoms with Crippen molar-refractivity contribution in [3.05, 3.63) is 89.5 Å². The number of carbonyl (C=O) groups is 1. The minimum atomic E-state index is -0.281. The molecule has 0 saturated heterocycles. The lowest BCUT2D eigenvalue weighted by Crippen LogP contribution is -2.23. The van der Waals surface area contributed by atoms with Crippen LogP contribution in [-0.2, 0) is 6.54 Å². The third-order valence-corrected chi connectivity index (χ3v) is 5.85. The van der Waals surface area contributed by atoms with Crippen LogP contribution in [-0.4, -0.2) is 23.3 Å². The zero-order chi connectivity index (χ0) is 22.9. The molecule has 1 fully saturated rings. The Hall–Kier alpha value is -3.80. The van der Waals surface area contributed by atoms with Gasteiger partial charge in [0.1, 0.15) is 5.75 Å². The number of hydrogen-bond acceptors (Lipinski definition) is 5. The summed E-state index contributed by atoms with van der Waals surface area (Å²) >= 11 is 0. The first-order chi connectivity index (χ1) is 16.2. The normalized spacial score (nSPS) is 14.2. The number of phenolic OH excluding ortho intramolecular Hbond substituents is 1. The number of amides is 1. The van der Waals surface area contributed by atoms with Gasteiger partial charge in [0, 0.05) is 18.2 Å². The predicted octanol–water partition coefficient (Wildman–Crippen LogP) is 5.51. The Bertz CT molecular complexity index is 1080. The number of nitrogens with one attached hydrogen (secondary N) is 3. The maximum atomic E-state index is 12.7. The first-order valence-electron chi connectivity index (χ1n) is 11.5. The Kier molecular flexibility index (Phi) is 7.59. The van der Waals surface area contributed by atoms with Gasteiger partial charge in [0.2, 0.25) is 0 Å². The van der Waals surface area contributed by atoms with E-state index in [1.165, 1.54) is 37.7 Å². The second kappa shape index (κ2) is 11.2. The van der Waals surface area contributed by atoms with Crippen LogP contribution in [0.15, 0.2) is 77.9 Å². The van der Waals surface area contributed by atoms with Crippen LogP contribution < -0.4 is 16.1 Å². The molecule has 0 aliphatic heterocycles. The highest BCUT2D eigenvalue weighted by Gasteiger charge is 2.16. The van der Waals surface area contributed by atoms with Crippen molar-refractivity contribution in [2.24, 2.45) is 5.10 Å². The van der Waals surface area contributed by atoms with Crippen molar-refractivity contribution in [1.29, 1.82) is 0 Å². The molecule has 0 unspecified atom stereocenters. The molecule has 170 valence electrons. The van der Waals surface area contributed by atoms with E-state index in [0.29, 0.717) is 18.2 Å². The van der Waals surface area contributed by atoms with E-state index in [9.17, 15) is 9.90 Å². The van der Waals surface area contributed by atoms with Crippen LogP contribution in [0, 0.1) is 0 Å². The van der Waals surface area contributed by atoms with Gasteiger partial charge >= 0.3 is 0 Å². The summed E-state index contributed by atoms with van der Waals surface area (Å²) in [4.78, 5) is 12.7. The van der Waals surface area contributed by atoms with E-state index in [1.807, 2.05) is 36.4 Å².